The Balaban J connectivity index is 0.00000300. The molecule has 0 unspecified atom stereocenters. The van der Waals surface area contributed by atoms with Gasteiger partial charge in [0.05, 0.1) is 18.9 Å². The van der Waals surface area contributed by atoms with Gasteiger partial charge in [-0.3, -0.25) is 4.99 Å². The maximum atomic E-state index is 14.5. The third-order valence-corrected chi connectivity index (χ3v) is 4.77. The monoisotopic (exact) mass is 533 g/mol. The molecule has 0 atom stereocenters. The van der Waals surface area contributed by atoms with Crippen LogP contribution in [0.15, 0.2) is 41.5 Å². The Hall–Kier alpha value is -1.65. The topological polar surface area (TPSA) is 61.8 Å². The van der Waals surface area contributed by atoms with Crippen molar-refractivity contribution in [3.05, 3.63) is 58.6 Å². The molecule has 3 rings (SSSR count). The summed E-state index contributed by atoms with van der Waals surface area (Å²) in [5.74, 6) is 0.457. The van der Waals surface area contributed by atoms with Crippen LogP contribution in [-0.4, -0.2) is 50.8 Å². The van der Waals surface area contributed by atoms with Crippen LogP contribution in [0.25, 0.3) is 0 Å². The summed E-state index contributed by atoms with van der Waals surface area (Å²) in [7, 11) is 1.71. The number of aliphatic imine (C=N–C) groups is 1. The van der Waals surface area contributed by atoms with Crippen LogP contribution in [0.3, 0.4) is 0 Å². The predicted molar refractivity (Wildman–Crippen MR) is 126 cm³/mol. The molecule has 158 valence electrons. The molecular formula is C20H26ClFIN5O. The number of morpholine rings is 1. The fourth-order valence-corrected chi connectivity index (χ4v) is 3.12. The van der Waals surface area contributed by atoms with Gasteiger partial charge >= 0.3 is 0 Å². The first-order valence-corrected chi connectivity index (χ1v) is 9.69. The van der Waals surface area contributed by atoms with Gasteiger partial charge < -0.3 is 20.3 Å². The molecule has 1 aromatic heterocycles. The van der Waals surface area contributed by atoms with Gasteiger partial charge in [-0.2, -0.15) is 0 Å². The molecule has 29 heavy (non-hydrogen) atoms. The minimum atomic E-state index is -0.209. The Kier molecular flexibility index (Phi) is 9.89. The first-order chi connectivity index (χ1) is 13.7. The van der Waals surface area contributed by atoms with Gasteiger partial charge in [-0.05, 0) is 35.7 Å². The van der Waals surface area contributed by atoms with Gasteiger partial charge in [0.25, 0.3) is 0 Å². The highest BCUT2D eigenvalue weighted by molar-refractivity contribution is 14.0. The van der Waals surface area contributed by atoms with Crippen LogP contribution in [0.1, 0.15) is 11.1 Å². The first kappa shape index (κ1) is 23.6. The second-order valence-electron chi connectivity index (χ2n) is 6.48. The number of nitrogens with zero attached hydrogens (tertiary/aromatic N) is 3. The van der Waals surface area contributed by atoms with E-state index in [1.165, 1.54) is 0 Å². The molecular weight excluding hydrogens is 508 g/mol. The van der Waals surface area contributed by atoms with E-state index in [1.54, 1.807) is 25.4 Å². The lowest BCUT2D eigenvalue weighted by Crippen LogP contribution is -2.38. The van der Waals surface area contributed by atoms with Crippen molar-refractivity contribution < 1.29 is 9.13 Å². The van der Waals surface area contributed by atoms with Crippen molar-refractivity contribution in [2.45, 2.75) is 13.0 Å². The zero-order valence-electron chi connectivity index (χ0n) is 16.3. The number of anilines is 1. The summed E-state index contributed by atoms with van der Waals surface area (Å²) < 4.78 is 19.8. The number of rotatable bonds is 6. The molecule has 0 bridgehead atoms. The van der Waals surface area contributed by atoms with Gasteiger partial charge in [0, 0.05) is 39.4 Å². The molecule has 6 nitrogen and oxygen atoms in total. The van der Waals surface area contributed by atoms with Crippen molar-refractivity contribution in [3.8, 4) is 0 Å². The van der Waals surface area contributed by atoms with Gasteiger partial charge in [-0.25, -0.2) is 9.37 Å². The Bertz CT molecular complexity index is 800. The van der Waals surface area contributed by atoms with Crippen LogP contribution in [-0.2, 0) is 17.7 Å². The fourth-order valence-electron chi connectivity index (χ4n) is 3.01. The lowest BCUT2D eigenvalue weighted by molar-refractivity contribution is 0.122. The molecule has 9 heteroatoms. The summed E-state index contributed by atoms with van der Waals surface area (Å²) in [6, 6.07) is 9.07. The second-order valence-corrected chi connectivity index (χ2v) is 6.86. The minimum Gasteiger partial charge on any atom is -0.378 e. The van der Waals surface area contributed by atoms with Crippen molar-refractivity contribution in [3.63, 3.8) is 0 Å². The Morgan fingerprint density at radius 1 is 1.21 bits per heavy atom. The van der Waals surface area contributed by atoms with Gasteiger partial charge in [0.2, 0.25) is 0 Å². The van der Waals surface area contributed by atoms with Gasteiger partial charge in [-0.1, -0.05) is 23.7 Å². The second kappa shape index (κ2) is 12.1. The SMILES string of the molecule is CN=C(NCCc1ccc(Cl)nc1)NCc1ccc(N2CCOCC2)c(F)c1.I. The summed E-state index contributed by atoms with van der Waals surface area (Å²) in [5, 5.41) is 6.94. The summed E-state index contributed by atoms with van der Waals surface area (Å²) in [4.78, 5) is 10.3. The maximum absolute atomic E-state index is 14.5. The minimum absolute atomic E-state index is 0. The molecule has 1 fully saturated rings. The Labute approximate surface area is 192 Å². The number of aromatic nitrogens is 1. The molecule has 0 amide bonds. The average Bonchev–Trinajstić information content (AvgIpc) is 2.72. The number of ether oxygens (including phenoxy) is 1. The number of hydrogen-bond acceptors (Lipinski definition) is 4. The highest BCUT2D eigenvalue weighted by Crippen LogP contribution is 2.21. The van der Waals surface area contributed by atoms with Crippen LogP contribution in [0.2, 0.25) is 5.15 Å². The molecule has 0 spiro atoms. The highest BCUT2D eigenvalue weighted by atomic mass is 127. The van der Waals surface area contributed by atoms with Crippen molar-refractivity contribution in [1.82, 2.24) is 15.6 Å². The fraction of sp³-hybridized carbons (Fsp3) is 0.400. The Morgan fingerprint density at radius 2 is 1.97 bits per heavy atom. The molecule has 1 aliphatic heterocycles. The summed E-state index contributed by atoms with van der Waals surface area (Å²) in [5.41, 5.74) is 2.58. The summed E-state index contributed by atoms with van der Waals surface area (Å²) in [6.45, 7) is 3.89. The van der Waals surface area contributed by atoms with E-state index in [0.29, 0.717) is 56.2 Å². The van der Waals surface area contributed by atoms with Crippen LogP contribution in [0.5, 0.6) is 0 Å². The number of hydrogen-bond donors (Lipinski definition) is 2. The molecule has 1 aromatic carbocycles. The number of nitrogens with one attached hydrogen (secondary N) is 2. The molecule has 2 N–H and O–H groups in total. The van der Waals surface area contributed by atoms with Crippen molar-refractivity contribution >= 4 is 47.2 Å². The first-order valence-electron chi connectivity index (χ1n) is 9.32. The van der Waals surface area contributed by atoms with Crippen LogP contribution in [0.4, 0.5) is 10.1 Å². The molecule has 1 aliphatic rings. The van der Waals surface area contributed by atoms with E-state index < -0.39 is 0 Å². The lowest BCUT2D eigenvalue weighted by Gasteiger charge is -2.29. The van der Waals surface area contributed by atoms with Crippen molar-refractivity contribution in [1.29, 1.82) is 0 Å². The van der Waals surface area contributed by atoms with Crippen molar-refractivity contribution in [2.24, 2.45) is 4.99 Å². The zero-order valence-corrected chi connectivity index (χ0v) is 19.4. The molecule has 0 saturated carbocycles. The van der Waals surface area contributed by atoms with Gasteiger partial charge in [0.15, 0.2) is 5.96 Å². The normalized spacial score (nSPS) is 14.3. The average molecular weight is 534 g/mol. The largest absolute Gasteiger partial charge is 0.378 e. The van der Waals surface area contributed by atoms with Crippen LogP contribution in [0, 0.1) is 5.82 Å². The zero-order chi connectivity index (χ0) is 19.8. The number of guanidine groups is 1. The third-order valence-electron chi connectivity index (χ3n) is 4.54. The highest BCUT2D eigenvalue weighted by Gasteiger charge is 2.15. The Morgan fingerprint density at radius 3 is 2.62 bits per heavy atom. The molecule has 2 aromatic rings. The molecule has 0 radical (unpaired) electrons. The number of pyridine rings is 1. The number of halogens is 3. The predicted octanol–water partition coefficient (Wildman–Crippen LogP) is 3.24. The molecule has 0 aliphatic carbocycles. The van der Waals surface area contributed by atoms with E-state index in [-0.39, 0.29) is 29.8 Å². The third kappa shape index (κ3) is 7.27. The standard InChI is InChI=1S/C20H25ClFN5O.HI/c1-23-20(24-7-6-15-3-5-19(21)25-13-15)26-14-16-2-4-18(17(22)12-16)27-8-10-28-11-9-27;/h2-5,12-13H,6-11,14H2,1H3,(H2,23,24,26);1H. The molecule has 1 saturated heterocycles. The quantitative estimate of drug-likeness (QED) is 0.258. The van der Waals surface area contributed by atoms with Crippen LogP contribution >= 0.6 is 35.6 Å². The van der Waals surface area contributed by atoms with Gasteiger partial charge in [0.1, 0.15) is 11.0 Å². The van der Waals surface area contributed by atoms with E-state index in [9.17, 15) is 4.39 Å². The lowest BCUT2D eigenvalue weighted by atomic mass is 10.1. The maximum Gasteiger partial charge on any atom is 0.191 e. The molecule has 2 heterocycles. The summed E-state index contributed by atoms with van der Waals surface area (Å²) >= 11 is 5.79. The van der Waals surface area contributed by atoms with Crippen molar-refractivity contribution in [2.75, 3.05) is 44.8 Å². The summed E-state index contributed by atoms with van der Waals surface area (Å²) in [6.07, 6.45) is 2.56. The smallest absolute Gasteiger partial charge is 0.191 e. The van der Waals surface area contributed by atoms with E-state index in [0.717, 1.165) is 17.5 Å². The van der Waals surface area contributed by atoms with Gasteiger partial charge in [-0.15, -0.1) is 24.0 Å². The number of benzene rings is 1. The van der Waals surface area contributed by atoms with E-state index in [1.807, 2.05) is 23.1 Å². The van der Waals surface area contributed by atoms with E-state index in [4.69, 9.17) is 16.3 Å². The van der Waals surface area contributed by atoms with Crippen LogP contribution < -0.4 is 15.5 Å². The van der Waals surface area contributed by atoms with E-state index >= 15 is 0 Å². The van der Waals surface area contributed by atoms with E-state index in [2.05, 4.69) is 20.6 Å².